The molecule has 2 aromatic heterocycles. The molecule has 0 atom stereocenters. The molecule has 170 valence electrons. The third-order valence-electron chi connectivity index (χ3n) is 6.39. The van der Waals surface area contributed by atoms with Gasteiger partial charge >= 0.3 is 0 Å². The number of hydrogen-bond donors (Lipinski definition) is 1. The minimum absolute atomic E-state index is 0.0114. The van der Waals surface area contributed by atoms with Crippen LogP contribution in [0.2, 0.25) is 0 Å². The number of benzene rings is 2. The van der Waals surface area contributed by atoms with Gasteiger partial charge < -0.3 is 14.4 Å². The van der Waals surface area contributed by atoms with Crippen LogP contribution in [0.3, 0.4) is 0 Å². The number of aromatic amines is 1. The van der Waals surface area contributed by atoms with E-state index in [1.807, 2.05) is 53.1 Å². The second-order valence-corrected chi connectivity index (χ2v) is 8.55. The average Bonchev–Trinajstić information content (AvgIpc) is 3.16. The van der Waals surface area contributed by atoms with E-state index in [2.05, 4.69) is 26.4 Å². The van der Waals surface area contributed by atoms with Crippen molar-refractivity contribution in [2.24, 2.45) is 0 Å². The molecule has 1 amide bonds. The molecule has 8 heteroatoms. The predicted octanol–water partition coefficient (Wildman–Crippen LogP) is 3.34. The molecule has 2 aromatic carbocycles. The van der Waals surface area contributed by atoms with Crippen molar-refractivity contribution in [2.45, 2.75) is 33.2 Å². The molecule has 3 heterocycles. The monoisotopic (exact) mass is 444 g/mol. The summed E-state index contributed by atoms with van der Waals surface area (Å²) in [5, 5.41) is 0.581. The molecule has 1 aliphatic heterocycles. The second kappa shape index (κ2) is 8.69. The SMILES string of the molecule is CCCCn1c(C)nc2cc(C(=O)N3CCN(c4nc5ccccc5c(=O)[nH]4)CC3)ccc21. The van der Waals surface area contributed by atoms with E-state index in [0.29, 0.717) is 48.6 Å². The highest BCUT2D eigenvalue weighted by atomic mass is 16.2. The molecule has 1 N–H and O–H groups in total. The van der Waals surface area contributed by atoms with Gasteiger partial charge in [0.25, 0.3) is 11.5 Å². The Morgan fingerprint density at radius 1 is 1.03 bits per heavy atom. The van der Waals surface area contributed by atoms with Crippen LogP contribution in [0.4, 0.5) is 5.95 Å². The molecule has 0 bridgehead atoms. The lowest BCUT2D eigenvalue weighted by atomic mass is 10.1. The normalized spacial score (nSPS) is 14.4. The van der Waals surface area contributed by atoms with Crippen molar-refractivity contribution in [1.82, 2.24) is 24.4 Å². The summed E-state index contributed by atoms with van der Waals surface area (Å²) in [6.45, 7) is 7.49. The maximum absolute atomic E-state index is 13.2. The zero-order valence-corrected chi connectivity index (χ0v) is 19.0. The molecule has 0 unspecified atom stereocenters. The van der Waals surface area contributed by atoms with Gasteiger partial charge in [-0.3, -0.25) is 14.6 Å². The number of anilines is 1. The van der Waals surface area contributed by atoms with Gasteiger partial charge in [-0.25, -0.2) is 9.97 Å². The minimum Gasteiger partial charge on any atom is -0.339 e. The summed E-state index contributed by atoms with van der Waals surface area (Å²) in [6.07, 6.45) is 2.23. The number of nitrogens with one attached hydrogen (secondary N) is 1. The highest BCUT2D eigenvalue weighted by Crippen LogP contribution is 2.21. The number of nitrogens with zero attached hydrogens (tertiary/aromatic N) is 5. The molecule has 1 saturated heterocycles. The number of aryl methyl sites for hydroxylation is 2. The van der Waals surface area contributed by atoms with Crippen LogP contribution >= 0.6 is 0 Å². The maximum Gasteiger partial charge on any atom is 0.260 e. The highest BCUT2D eigenvalue weighted by Gasteiger charge is 2.24. The Morgan fingerprint density at radius 3 is 2.61 bits per heavy atom. The molecule has 0 spiro atoms. The number of piperazine rings is 1. The third kappa shape index (κ3) is 3.97. The van der Waals surface area contributed by atoms with E-state index in [4.69, 9.17) is 0 Å². The number of rotatable bonds is 5. The molecule has 1 aliphatic rings. The summed E-state index contributed by atoms with van der Waals surface area (Å²) in [7, 11) is 0. The standard InChI is InChI=1S/C25H28N6O2/c1-3-4-11-31-17(2)26-21-16-18(9-10-22(21)31)24(33)29-12-14-30(15-13-29)25-27-20-8-6-5-7-19(20)23(32)28-25/h5-10,16H,3-4,11-15H2,1-2H3,(H,27,28,32). The Kier molecular flexibility index (Phi) is 5.58. The lowest BCUT2D eigenvalue weighted by Crippen LogP contribution is -2.49. The number of aromatic nitrogens is 4. The molecule has 1 fully saturated rings. The fourth-order valence-corrected chi connectivity index (χ4v) is 4.51. The number of amides is 1. The summed E-state index contributed by atoms with van der Waals surface area (Å²) >= 11 is 0. The number of imidazole rings is 1. The van der Waals surface area contributed by atoms with Gasteiger partial charge in [-0.15, -0.1) is 0 Å². The van der Waals surface area contributed by atoms with Crippen LogP contribution < -0.4 is 10.5 Å². The van der Waals surface area contributed by atoms with Gasteiger partial charge in [-0.05, 0) is 43.7 Å². The first-order chi connectivity index (χ1) is 16.0. The Hall–Kier alpha value is -3.68. The van der Waals surface area contributed by atoms with Crippen LogP contribution in [0.5, 0.6) is 0 Å². The number of carbonyl (C=O) groups is 1. The van der Waals surface area contributed by atoms with E-state index < -0.39 is 0 Å². The Morgan fingerprint density at radius 2 is 1.82 bits per heavy atom. The first kappa shape index (κ1) is 21.2. The summed E-state index contributed by atoms with van der Waals surface area (Å²) in [4.78, 5) is 41.6. The quantitative estimate of drug-likeness (QED) is 0.510. The largest absolute Gasteiger partial charge is 0.339 e. The molecule has 0 radical (unpaired) electrons. The molecule has 5 rings (SSSR count). The summed E-state index contributed by atoms with van der Waals surface area (Å²) in [5.41, 5.74) is 3.14. The number of carbonyl (C=O) groups excluding carboxylic acids is 1. The van der Waals surface area contributed by atoms with Crippen molar-refractivity contribution in [1.29, 1.82) is 0 Å². The van der Waals surface area contributed by atoms with Gasteiger partial charge in [0.1, 0.15) is 5.82 Å². The molecule has 8 nitrogen and oxygen atoms in total. The van der Waals surface area contributed by atoms with Gasteiger partial charge in [-0.1, -0.05) is 25.5 Å². The van der Waals surface area contributed by atoms with E-state index in [-0.39, 0.29) is 11.5 Å². The van der Waals surface area contributed by atoms with E-state index in [0.717, 1.165) is 36.2 Å². The van der Waals surface area contributed by atoms with Crippen molar-refractivity contribution in [2.75, 3.05) is 31.1 Å². The molecular weight excluding hydrogens is 416 g/mol. The topological polar surface area (TPSA) is 87.1 Å². The predicted molar refractivity (Wildman–Crippen MR) is 130 cm³/mol. The van der Waals surface area contributed by atoms with Gasteiger partial charge in [-0.2, -0.15) is 0 Å². The van der Waals surface area contributed by atoms with Gasteiger partial charge in [0.2, 0.25) is 5.95 Å². The number of H-pyrrole nitrogens is 1. The third-order valence-corrected chi connectivity index (χ3v) is 6.39. The molecule has 0 saturated carbocycles. The fraction of sp³-hybridized carbons (Fsp3) is 0.360. The highest BCUT2D eigenvalue weighted by molar-refractivity contribution is 5.97. The van der Waals surface area contributed by atoms with Gasteiger partial charge in [0, 0.05) is 38.3 Å². The van der Waals surface area contributed by atoms with Gasteiger partial charge in [0.05, 0.1) is 21.9 Å². The van der Waals surface area contributed by atoms with E-state index >= 15 is 0 Å². The first-order valence-electron chi connectivity index (χ1n) is 11.6. The second-order valence-electron chi connectivity index (χ2n) is 8.55. The van der Waals surface area contributed by atoms with Crippen molar-refractivity contribution in [3.05, 3.63) is 64.2 Å². The van der Waals surface area contributed by atoms with Gasteiger partial charge in [0.15, 0.2) is 0 Å². The number of unbranched alkanes of at least 4 members (excludes halogenated alkanes) is 1. The zero-order chi connectivity index (χ0) is 22.9. The Labute approximate surface area is 191 Å². The summed E-state index contributed by atoms with van der Waals surface area (Å²) in [6, 6.07) is 13.1. The fourth-order valence-electron chi connectivity index (χ4n) is 4.51. The maximum atomic E-state index is 13.2. The van der Waals surface area contributed by atoms with Crippen molar-refractivity contribution in [3.8, 4) is 0 Å². The zero-order valence-electron chi connectivity index (χ0n) is 19.0. The lowest BCUT2D eigenvalue weighted by molar-refractivity contribution is 0.0746. The van der Waals surface area contributed by atoms with Crippen molar-refractivity contribution < 1.29 is 4.79 Å². The smallest absolute Gasteiger partial charge is 0.260 e. The van der Waals surface area contributed by atoms with Crippen molar-refractivity contribution in [3.63, 3.8) is 0 Å². The number of hydrogen-bond acceptors (Lipinski definition) is 5. The Balaban J connectivity index is 1.30. The molecule has 4 aromatic rings. The minimum atomic E-state index is -0.143. The van der Waals surface area contributed by atoms with E-state index in [1.165, 1.54) is 0 Å². The van der Waals surface area contributed by atoms with E-state index in [9.17, 15) is 9.59 Å². The van der Waals surface area contributed by atoms with Crippen molar-refractivity contribution >= 4 is 33.8 Å². The van der Waals surface area contributed by atoms with Crippen LogP contribution in [0.25, 0.3) is 21.9 Å². The average molecular weight is 445 g/mol. The molecule has 33 heavy (non-hydrogen) atoms. The van der Waals surface area contributed by atoms with Crippen LogP contribution in [0.15, 0.2) is 47.3 Å². The molecule has 0 aliphatic carbocycles. The van der Waals surface area contributed by atoms with Crippen LogP contribution in [0, 0.1) is 6.92 Å². The van der Waals surface area contributed by atoms with Crippen LogP contribution in [-0.2, 0) is 6.54 Å². The number of fused-ring (bicyclic) bond motifs is 2. The summed E-state index contributed by atoms with van der Waals surface area (Å²) < 4.78 is 2.23. The van der Waals surface area contributed by atoms with E-state index in [1.54, 1.807) is 6.07 Å². The molecular formula is C25H28N6O2. The lowest BCUT2D eigenvalue weighted by Gasteiger charge is -2.35. The van der Waals surface area contributed by atoms with Crippen LogP contribution in [-0.4, -0.2) is 56.5 Å². The Bertz CT molecular complexity index is 1380. The number of para-hydroxylation sites is 1. The summed E-state index contributed by atoms with van der Waals surface area (Å²) in [5.74, 6) is 1.55. The first-order valence-corrected chi connectivity index (χ1v) is 11.6. The van der Waals surface area contributed by atoms with Crippen LogP contribution in [0.1, 0.15) is 35.9 Å².